The number of halogens is 2. The fourth-order valence-electron chi connectivity index (χ4n) is 3.10. The summed E-state index contributed by atoms with van der Waals surface area (Å²) in [6.07, 6.45) is 3.00. The Morgan fingerprint density at radius 3 is 2.47 bits per heavy atom. The van der Waals surface area contributed by atoms with Crippen LogP contribution in [-0.4, -0.2) is 41.3 Å². The molecule has 4 N–H and O–H groups in total. The zero-order valence-corrected chi connectivity index (χ0v) is 17.1. The molecule has 0 aliphatic heterocycles. The molecular formula is C23H31F2NO4. The summed E-state index contributed by atoms with van der Waals surface area (Å²) in [4.78, 5) is 0. The lowest BCUT2D eigenvalue weighted by Crippen LogP contribution is -2.31. The van der Waals surface area contributed by atoms with E-state index in [-0.39, 0.29) is 17.9 Å². The third-order valence-corrected chi connectivity index (χ3v) is 4.82. The Kier molecular flexibility index (Phi) is 10.2. The van der Waals surface area contributed by atoms with Gasteiger partial charge in [-0.15, -0.1) is 0 Å². The maximum atomic E-state index is 13.9. The predicted octanol–water partition coefficient (Wildman–Crippen LogP) is 3.70. The van der Waals surface area contributed by atoms with Gasteiger partial charge in [0.1, 0.15) is 18.6 Å². The molecule has 2 aromatic rings. The molecule has 0 saturated heterocycles. The van der Waals surface area contributed by atoms with Gasteiger partial charge in [0.05, 0.1) is 6.61 Å². The Morgan fingerprint density at radius 1 is 1.00 bits per heavy atom. The van der Waals surface area contributed by atoms with Crippen molar-refractivity contribution >= 4 is 0 Å². The van der Waals surface area contributed by atoms with E-state index in [2.05, 4.69) is 5.32 Å². The van der Waals surface area contributed by atoms with E-state index in [9.17, 15) is 19.0 Å². The molecular weight excluding hydrogens is 392 g/mol. The zero-order valence-electron chi connectivity index (χ0n) is 17.1. The number of ether oxygens (including phenoxy) is 1. The fraction of sp³-hybridized carbons (Fsp3) is 0.478. The Hall–Kier alpha value is -2.06. The Labute approximate surface area is 176 Å². The van der Waals surface area contributed by atoms with E-state index in [0.29, 0.717) is 31.6 Å². The minimum absolute atomic E-state index is 0.0329. The van der Waals surface area contributed by atoms with Crippen LogP contribution in [0, 0.1) is 0 Å². The van der Waals surface area contributed by atoms with Crippen molar-refractivity contribution in [2.24, 2.45) is 0 Å². The Balaban J connectivity index is 1.51. The molecule has 1 unspecified atom stereocenters. The van der Waals surface area contributed by atoms with Crippen LogP contribution in [0.2, 0.25) is 0 Å². The van der Waals surface area contributed by atoms with Gasteiger partial charge in [-0.25, -0.2) is 0 Å². The van der Waals surface area contributed by atoms with Gasteiger partial charge in [0.25, 0.3) is 5.92 Å². The number of aromatic hydroxyl groups is 1. The Morgan fingerprint density at radius 2 is 1.73 bits per heavy atom. The van der Waals surface area contributed by atoms with Crippen molar-refractivity contribution in [3.8, 4) is 5.75 Å². The summed E-state index contributed by atoms with van der Waals surface area (Å²) in [6.45, 7) is 0.0718. The molecule has 0 saturated carbocycles. The highest BCUT2D eigenvalue weighted by Gasteiger charge is 2.31. The van der Waals surface area contributed by atoms with Crippen LogP contribution >= 0.6 is 0 Å². The van der Waals surface area contributed by atoms with Crippen molar-refractivity contribution in [3.63, 3.8) is 0 Å². The largest absolute Gasteiger partial charge is 0.508 e. The highest BCUT2D eigenvalue weighted by atomic mass is 19.3. The first-order chi connectivity index (χ1) is 14.4. The maximum absolute atomic E-state index is 13.9. The molecule has 0 aliphatic carbocycles. The van der Waals surface area contributed by atoms with Crippen molar-refractivity contribution in [1.82, 2.24) is 5.32 Å². The van der Waals surface area contributed by atoms with Crippen molar-refractivity contribution in [1.29, 1.82) is 0 Å². The van der Waals surface area contributed by atoms with Crippen LogP contribution in [0.1, 0.15) is 42.4 Å². The summed E-state index contributed by atoms with van der Waals surface area (Å²) >= 11 is 0. The lowest BCUT2D eigenvalue weighted by Gasteiger charge is -2.16. The first-order valence-electron chi connectivity index (χ1n) is 10.3. The van der Waals surface area contributed by atoms with Crippen molar-refractivity contribution < 1.29 is 28.8 Å². The Bertz CT molecular complexity index is 743. The van der Waals surface area contributed by atoms with Crippen LogP contribution in [0.3, 0.4) is 0 Å². The standard InChI is InChI=1S/C23H31F2NO4/c24-23(25,20-8-4-3-5-9-20)17-30-13-7-2-1-6-12-26-22(29)15-18-10-11-21(28)19(14-18)16-27/h3-5,8-11,14,22,26-29H,1-2,6-7,12-13,15-17H2. The van der Waals surface area contributed by atoms with E-state index in [1.807, 2.05) is 0 Å². The van der Waals surface area contributed by atoms with Crippen LogP contribution in [0.15, 0.2) is 48.5 Å². The molecule has 0 bridgehead atoms. The van der Waals surface area contributed by atoms with Gasteiger partial charge in [0.15, 0.2) is 0 Å². The maximum Gasteiger partial charge on any atom is 0.296 e. The van der Waals surface area contributed by atoms with E-state index in [1.165, 1.54) is 18.2 Å². The van der Waals surface area contributed by atoms with E-state index in [4.69, 9.17) is 9.84 Å². The van der Waals surface area contributed by atoms with E-state index >= 15 is 0 Å². The highest BCUT2D eigenvalue weighted by molar-refractivity contribution is 5.35. The minimum atomic E-state index is -2.98. The molecule has 0 amide bonds. The van der Waals surface area contributed by atoms with Gasteiger partial charge in [0.2, 0.25) is 0 Å². The number of nitrogens with one attached hydrogen (secondary N) is 1. The quantitative estimate of drug-likeness (QED) is 0.275. The summed E-state index contributed by atoms with van der Waals surface area (Å²) in [5.41, 5.74) is 1.22. The van der Waals surface area contributed by atoms with E-state index in [0.717, 1.165) is 24.8 Å². The van der Waals surface area contributed by atoms with Crippen LogP contribution in [0.5, 0.6) is 5.75 Å². The van der Waals surface area contributed by atoms with Crippen molar-refractivity contribution in [2.75, 3.05) is 19.8 Å². The van der Waals surface area contributed by atoms with E-state index < -0.39 is 18.8 Å². The van der Waals surface area contributed by atoms with Crippen LogP contribution in [0.25, 0.3) is 0 Å². The number of rotatable bonds is 14. The van der Waals surface area contributed by atoms with Gasteiger partial charge in [-0.05, 0) is 37.1 Å². The fourth-order valence-corrected chi connectivity index (χ4v) is 3.10. The molecule has 0 heterocycles. The van der Waals surface area contributed by atoms with Crippen LogP contribution in [0.4, 0.5) is 8.78 Å². The third kappa shape index (κ3) is 8.36. The van der Waals surface area contributed by atoms with Gasteiger partial charge in [-0.3, -0.25) is 5.32 Å². The molecule has 0 radical (unpaired) electrons. The molecule has 0 aliphatic rings. The number of hydrogen-bond acceptors (Lipinski definition) is 5. The molecule has 0 aromatic heterocycles. The smallest absolute Gasteiger partial charge is 0.296 e. The van der Waals surface area contributed by atoms with Gasteiger partial charge >= 0.3 is 0 Å². The van der Waals surface area contributed by atoms with Crippen LogP contribution < -0.4 is 5.32 Å². The van der Waals surface area contributed by atoms with Gasteiger partial charge in [0, 0.05) is 24.2 Å². The highest BCUT2D eigenvalue weighted by Crippen LogP contribution is 2.27. The molecule has 30 heavy (non-hydrogen) atoms. The number of unbranched alkanes of at least 4 members (excludes halogenated alkanes) is 3. The molecule has 5 nitrogen and oxygen atoms in total. The first-order valence-corrected chi connectivity index (χ1v) is 10.3. The van der Waals surface area contributed by atoms with Crippen molar-refractivity contribution in [2.45, 2.75) is 50.9 Å². The SMILES string of the molecule is OCc1cc(CC(O)NCCCCCCOCC(F)(F)c2ccccc2)ccc1O. The molecule has 166 valence electrons. The molecule has 2 aromatic carbocycles. The normalized spacial score (nSPS) is 12.8. The number of aliphatic hydroxyl groups is 2. The minimum Gasteiger partial charge on any atom is -0.508 e. The second-order valence-electron chi connectivity index (χ2n) is 7.33. The molecule has 2 rings (SSSR count). The summed E-state index contributed by atoms with van der Waals surface area (Å²) in [5.74, 6) is -2.94. The summed E-state index contributed by atoms with van der Waals surface area (Å²) in [7, 11) is 0. The monoisotopic (exact) mass is 423 g/mol. The zero-order chi connectivity index (χ0) is 21.8. The van der Waals surface area contributed by atoms with Crippen molar-refractivity contribution in [3.05, 3.63) is 65.2 Å². The van der Waals surface area contributed by atoms with Gasteiger partial charge in [-0.2, -0.15) is 8.78 Å². The average Bonchev–Trinajstić information content (AvgIpc) is 2.74. The second-order valence-corrected chi connectivity index (χ2v) is 7.33. The van der Waals surface area contributed by atoms with Gasteiger partial charge in [-0.1, -0.05) is 49.2 Å². The average molecular weight is 424 g/mol. The molecule has 0 fully saturated rings. The topological polar surface area (TPSA) is 82.0 Å². The van der Waals surface area contributed by atoms with Crippen LogP contribution in [-0.2, 0) is 23.7 Å². The summed E-state index contributed by atoms with van der Waals surface area (Å²) in [5, 5.41) is 31.8. The number of hydrogen-bond donors (Lipinski definition) is 4. The predicted molar refractivity (Wildman–Crippen MR) is 111 cm³/mol. The van der Waals surface area contributed by atoms with Gasteiger partial charge < -0.3 is 20.1 Å². The molecule has 7 heteroatoms. The number of phenols is 1. The lowest BCUT2D eigenvalue weighted by molar-refractivity contribution is -0.0831. The summed E-state index contributed by atoms with van der Waals surface area (Å²) < 4.78 is 33.0. The summed E-state index contributed by atoms with van der Waals surface area (Å²) in [6, 6.07) is 12.6. The third-order valence-electron chi connectivity index (χ3n) is 4.82. The lowest BCUT2D eigenvalue weighted by atomic mass is 10.1. The molecule has 0 spiro atoms. The number of aliphatic hydroxyl groups excluding tert-OH is 2. The second kappa shape index (κ2) is 12.6. The first kappa shape index (κ1) is 24.2. The van der Waals surface area contributed by atoms with E-state index in [1.54, 1.807) is 30.3 Å². The molecule has 1 atom stereocenters. The number of benzene rings is 2. The number of alkyl halides is 2.